The number of ether oxygens (including phenoxy) is 3. The van der Waals surface area contributed by atoms with Gasteiger partial charge in [0.1, 0.15) is 24.1 Å². The van der Waals surface area contributed by atoms with E-state index in [2.05, 4.69) is 10.3 Å². The van der Waals surface area contributed by atoms with Crippen molar-refractivity contribution in [1.29, 1.82) is 0 Å². The number of anilines is 1. The highest BCUT2D eigenvalue weighted by molar-refractivity contribution is 7.54. The van der Waals surface area contributed by atoms with E-state index in [0.29, 0.717) is 0 Å². The maximum Gasteiger partial charge on any atom is 0.361 e. The maximum atomic E-state index is 13.1. The summed E-state index contributed by atoms with van der Waals surface area (Å²) in [6.45, 7) is 8.00. The molecule has 12 nitrogen and oxygen atoms in total. The van der Waals surface area contributed by atoms with Crippen LogP contribution >= 0.6 is 7.60 Å². The Morgan fingerprint density at radius 2 is 1.94 bits per heavy atom. The molecule has 3 heterocycles. The Bertz CT molecular complexity index is 911. The summed E-state index contributed by atoms with van der Waals surface area (Å²) in [7, 11) is -3.96. The second-order valence-corrected chi connectivity index (χ2v) is 9.65. The summed E-state index contributed by atoms with van der Waals surface area (Å²) in [5.41, 5.74) is -0.712. The van der Waals surface area contributed by atoms with E-state index >= 15 is 0 Å². The third-order valence-corrected chi connectivity index (χ3v) is 6.89. The molecule has 31 heavy (non-hydrogen) atoms. The Morgan fingerprint density at radius 1 is 1.32 bits per heavy atom. The van der Waals surface area contributed by atoms with Gasteiger partial charge in [-0.05, 0) is 33.8 Å². The summed E-state index contributed by atoms with van der Waals surface area (Å²) in [6.07, 6.45) is -2.48. The first-order valence-corrected chi connectivity index (χ1v) is 11.6. The molecule has 174 valence electrons. The fraction of sp³-hybridized carbons (Fsp3) is 0.722. The summed E-state index contributed by atoms with van der Waals surface area (Å²) < 4.78 is 42.5. The Morgan fingerprint density at radius 3 is 2.48 bits per heavy atom. The number of rotatable bonds is 8. The van der Waals surface area contributed by atoms with Crippen molar-refractivity contribution in [2.75, 3.05) is 18.5 Å². The van der Waals surface area contributed by atoms with E-state index < -0.39 is 49.5 Å². The molecular formula is C18H28N3O9P. The predicted octanol–water partition coefficient (Wildman–Crippen LogP) is 1.20. The smallest absolute Gasteiger partial charge is 0.361 e. The van der Waals surface area contributed by atoms with Gasteiger partial charge in [-0.15, -0.1) is 0 Å². The molecule has 2 fully saturated rings. The van der Waals surface area contributed by atoms with Gasteiger partial charge in [-0.1, -0.05) is 0 Å². The first kappa shape index (κ1) is 24.0. The van der Waals surface area contributed by atoms with E-state index in [0.717, 1.165) is 4.57 Å². The Hall–Kier alpha value is -1.66. The Balaban J connectivity index is 1.94. The molecule has 5 atom stereocenters. The Kier molecular flexibility index (Phi) is 7.02. The molecule has 1 aromatic rings. The van der Waals surface area contributed by atoms with E-state index in [1.807, 2.05) is 0 Å². The van der Waals surface area contributed by atoms with Crippen LogP contribution in [-0.2, 0) is 32.6 Å². The first-order valence-electron chi connectivity index (χ1n) is 9.96. The summed E-state index contributed by atoms with van der Waals surface area (Å²) in [4.78, 5) is 27.6. The monoisotopic (exact) mass is 461 g/mol. The average Bonchev–Trinajstić information content (AvgIpc) is 3.14. The van der Waals surface area contributed by atoms with E-state index in [9.17, 15) is 19.3 Å². The van der Waals surface area contributed by atoms with E-state index in [4.69, 9.17) is 23.3 Å². The largest absolute Gasteiger partial charge is 0.378 e. The summed E-state index contributed by atoms with van der Waals surface area (Å²) in [6, 6.07) is 1.43. The van der Waals surface area contributed by atoms with Gasteiger partial charge in [0.15, 0.2) is 17.9 Å². The van der Waals surface area contributed by atoms with Crippen LogP contribution in [0.4, 0.5) is 5.82 Å². The van der Waals surface area contributed by atoms with Gasteiger partial charge in [-0.2, -0.15) is 4.98 Å². The van der Waals surface area contributed by atoms with Crippen molar-refractivity contribution in [2.24, 2.45) is 0 Å². The lowest BCUT2D eigenvalue weighted by molar-refractivity contribution is -0.204. The van der Waals surface area contributed by atoms with Crippen molar-refractivity contribution in [3.63, 3.8) is 0 Å². The van der Waals surface area contributed by atoms with E-state index in [1.165, 1.54) is 19.2 Å². The van der Waals surface area contributed by atoms with Crippen molar-refractivity contribution in [1.82, 2.24) is 9.55 Å². The molecule has 0 radical (unpaired) electrons. The quantitative estimate of drug-likeness (QED) is 0.541. The zero-order valence-corrected chi connectivity index (χ0v) is 18.9. The number of hydrogen-bond donors (Lipinski definition) is 2. The van der Waals surface area contributed by atoms with Gasteiger partial charge >= 0.3 is 13.3 Å². The minimum absolute atomic E-state index is 0.0510. The lowest BCUT2D eigenvalue weighted by atomic mass is 10.1. The highest BCUT2D eigenvalue weighted by Gasteiger charge is 2.61. The minimum Gasteiger partial charge on any atom is -0.378 e. The predicted molar refractivity (Wildman–Crippen MR) is 107 cm³/mol. The topological polar surface area (TPSA) is 147 Å². The number of amides is 1. The molecule has 2 saturated heterocycles. The molecule has 13 heteroatoms. The molecule has 3 rings (SSSR count). The highest BCUT2D eigenvalue weighted by atomic mass is 31.2. The Labute approximate surface area is 179 Å². The van der Waals surface area contributed by atoms with Gasteiger partial charge in [0, 0.05) is 13.1 Å². The first-order chi connectivity index (χ1) is 14.5. The molecular weight excluding hydrogens is 433 g/mol. The molecule has 0 spiro atoms. The number of aliphatic hydroxyl groups excluding tert-OH is 1. The van der Waals surface area contributed by atoms with Crippen LogP contribution in [0.2, 0.25) is 0 Å². The second-order valence-electron chi connectivity index (χ2n) is 7.53. The van der Waals surface area contributed by atoms with Gasteiger partial charge in [0.2, 0.25) is 5.91 Å². The molecule has 0 unspecified atom stereocenters. The van der Waals surface area contributed by atoms with Gasteiger partial charge in [0.25, 0.3) is 0 Å². The zero-order chi connectivity index (χ0) is 23.0. The molecule has 2 aliphatic heterocycles. The highest BCUT2D eigenvalue weighted by Crippen LogP contribution is 2.57. The van der Waals surface area contributed by atoms with Crippen LogP contribution in [0, 0.1) is 0 Å². The third kappa shape index (κ3) is 4.90. The molecule has 0 aromatic carbocycles. The van der Waals surface area contributed by atoms with Crippen LogP contribution < -0.4 is 11.0 Å². The van der Waals surface area contributed by atoms with Crippen molar-refractivity contribution in [3.05, 3.63) is 22.7 Å². The normalized spacial score (nSPS) is 28.3. The van der Waals surface area contributed by atoms with Gasteiger partial charge < -0.3 is 33.7 Å². The number of aromatic nitrogens is 2. The molecule has 1 aromatic heterocycles. The number of carbonyl (C=O) groups is 1. The van der Waals surface area contributed by atoms with Crippen LogP contribution in [0.1, 0.15) is 40.8 Å². The maximum absolute atomic E-state index is 13.1. The molecule has 2 aliphatic rings. The van der Waals surface area contributed by atoms with Crippen LogP contribution in [0.15, 0.2) is 17.1 Å². The number of fused-ring (bicyclic) bond motifs is 1. The molecule has 0 aliphatic carbocycles. The fourth-order valence-corrected chi connectivity index (χ4v) is 5.36. The van der Waals surface area contributed by atoms with Gasteiger partial charge in [0.05, 0.1) is 13.2 Å². The summed E-state index contributed by atoms with van der Waals surface area (Å²) >= 11 is 0. The molecule has 0 bridgehead atoms. The van der Waals surface area contributed by atoms with E-state index in [-0.39, 0.29) is 24.9 Å². The minimum atomic E-state index is -3.96. The second kappa shape index (κ2) is 9.07. The van der Waals surface area contributed by atoms with Crippen LogP contribution in [0.3, 0.4) is 0 Å². The lowest BCUT2D eigenvalue weighted by Gasteiger charge is -2.30. The number of nitrogens with zero attached hydrogens (tertiary/aromatic N) is 2. The number of carbonyl (C=O) groups excluding carboxylic acids is 1. The van der Waals surface area contributed by atoms with Crippen LogP contribution in [0.5, 0.6) is 0 Å². The molecule has 0 saturated carbocycles. The zero-order valence-electron chi connectivity index (χ0n) is 18.0. The van der Waals surface area contributed by atoms with Gasteiger partial charge in [-0.3, -0.25) is 13.9 Å². The third-order valence-electron chi connectivity index (χ3n) is 4.71. The van der Waals surface area contributed by atoms with Crippen molar-refractivity contribution < 1.29 is 37.7 Å². The standard InChI is InChI=1S/C18H28N3O9P/c1-6-26-31(25,27-7-2)16(23)14-12-13(30-18(4,5)29-12)15(28-14)21-9-8-11(19-10(3)22)20-17(21)24/h8-9,12-16,23H,6-7H2,1-5H3,(H,19,20,22,24)/t12-,13+,14-,15+,16+/m0/s1. The summed E-state index contributed by atoms with van der Waals surface area (Å²) in [5, 5.41) is 13.3. The molecule has 2 N–H and O–H groups in total. The van der Waals surface area contributed by atoms with Gasteiger partial charge in [-0.25, -0.2) is 4.79 Å². The van der Waals surface area contributed by atoms with Crippen LogP contribution in [-0.4, -0.2) is 63.7 Å². The number of aliphatic hydroxyl groups is 1. The SMILES string of the molecule is CCOP(=O)(OCC)[C@@H](O)[C@H]1O[C@@H](n2ccc(NC(C)=O)nc2=O)[C@@H]2OC(C)(C)O[C@@H]21. The number of hydrogen-bond acceptors (Lipinski definition) is 10. The summed E-state index contributed by atoms with van der Waals surface area (Å²) in [5.74, 6) is -3.00. The molecule has 1 amide bonds. The fourth-order valence-electron chi connectivity index (χ4n) is 3.66. The lowest BCUT2D eigenvalue weighted by Crippen LogP contribution is -2.39. The van der Waals surface area contributed by atoms with Crippen molar-refractivity contribution >= 4 is 19.3 Å². The van der Waals surface area contributed by atoms with Crippen LogP contribution in [0.25, 0.3) is 0 Å². The van der Waals surface area contributed by atoms with Crippen molar-refractivity contribution in [2.45, 2.75) is 70.8 Å². The van der Waals surface area contributed by atoms with Crippen molar-refractivity contribution in [3.8, 4) is 0 Å². The number of nitrogens with one attached hydrogen (secondary N) is 1. The van der Waals surface area contributed by atoms with E-state index in [1.54, 1.807) is 27.7 Å². The average molecular weight is 461 g/mol.